The van der Waals surface area contributed by atoms with Gasteiger partial charge in [0.25, 0.3) is 0 Å². The highest BCUT2D eigenvalue weighted by molar-refractivity contribution is 7.89. The van der Waals surface area contributed by atoms with Crippen LogP contribution in [-0.4, -0.2) is 39.3 Å². The number of carbonyl (C=O) groups excluding carboxylic acids is 1. The van der Waals surface area contributed by atoms with Crippen molar-refractivity contribution >= 4 is 50.5 Å². The molecule has 102 valence electrons. The maximum absolute atomic E-state index is 11.8. The molecule has 0 aliphatic rings. The molecule has 1 unspecified atom stereocenters. The number of carbonyl (C=O) groups is 1. The fourth-order valence-electron chi connectivity index (χ4n) is 0.994. The van der Waals surface area contributed by atoms with Crippen LogP contribution in [0.1, 0.15) is 0 Å². The van der Waals surface area contributed by atoms with Crippen LogP contribution in [0.15, 0.2) is 11.0 Å². The molecule has 10 heteroatoms. The Bertz CT molecular complexity index is 542. The number of nitrogens with one attached hydrogen (secondary N) is 1. The summed E-state index contributed by atoms with van der Waals surface area (Å²) in [6.45, 7) is -0.515. The molecule has 0 bridgehead atoms. The third-order valence-corrected chi connectivity index (χ3v) is 5.03. The third-order valence-electron chi connectivity index (χ3n) is 1.85. The van der Waals surface area contributed by atoms with E-state index in [0.29, 0.717) is 0 Å². The SMILES string of the molecule is COC(=O)C(O)CNS(=O)(=O)c1cc(Cl)sc1Cl. The fraction of sp³-hybridized carbons (Fsp3) is 0.375. The first kappa shape index (κ1) is 15.7. The number of thiophene rings is 1. The van der Waals surface area contributed by atoms with Crippen molar-refractivity contribution in [2.45, 2.75) is 11.0 Å². The van der Waals surface area contributed by atoms with E-state index >= 15 is 0 Å². The van der Waals surface area contributed by atoms with E-state index in [1.807, 2.05) is 4.72 Å². The molecule has 2 N–H and O–H groups in total. The smallest absolute Gasteiger partial charge is 0.336 e. The van der Waals surface area contributed by atoms with Gasteiger partial charge in [-0.2, -0.15) is 0 Å². The van der Waals surface area contributed by atoms with Crippen molar-refractivity contribution in [3.63, 3.8) is 0 Å². The van der Waals surface area contributed by atoms with E-state index in [9.17, 15) is 18.3 Å². The molecule has 0 aliphatic carbocycles. The second-order valence-corrected chi connectivity index (χ2v) is 7.10. The third kappa shape index (κ3) is 3.81. The Morgan fingerprint density at radius 3 is 2.67 bits per heavy atom. The number of esters is 1. The zero-order valence-corrected chi connectivity index (χ0v) is 12.2. The number of hydrogen-bond acceptors (Lipinski definition) is 6. The minimum Gasteiger partial charge on any atom is -0.467 e. The molecule has 0 saturated heterocycles. The molecule has 1 heterocycles. The molecule has 1 rings (SSSR count). The zero-order chi connectivity index (χ0) is 13.9. The normalized spacial score (nSPS) is 13.3. The first-order valence-electron chi connectivity index (χ1n) is 4.48. The van der Waals surface area contributed by atoms with Crippen LogP contribution >= 0.6 is 34.5 Å². The highest BCUT2D eigenvalue weighted by Crippen LogP contribution is 2.33. The minimum atomic E-state index is -3.93. The summed E-state index contributed by atoms with van der Waals surface area (Å²) in [4.78, 5) is 10.7. The minimum absolute atomic E-state index is 0.0000536. The summed E-state index contributed by atoms with van der Waals surface area (Å²) < 4.78 is 30.0. The Balaban J connectivity index is 2.78. The van der Waals surface area contributed by atoms with E-state index < -0.39 is 28.6 Å². The van der Waals surface area contributed by atoms with Crippen molar-refractivity contribution in [3.8, 4) is 0 Å². The first-order chi connectivity index (χ1) is 8.27. The molecule has 1 aromatic rings. The van der Waals surface area contributed by atoms with Crippen LogP contribution in [0.2, 0.25) is 8.67 Å². The van der Waals surface area contributed by atoms with Gasteiger partial charge >= 0.3 is 5.97 Å². The molecular weight excluding hydrogens is 325 g/mol. The number of methoxy groups -OCH3 is 1. The largest absolute Gasteiger partial charge is 0.467 e. The summed E-state index contributed by atoms with van der Waals surface area (Å²) in [7, 11) is -2.85. The summed E-state index contributed by atoms with van der Waals surface area (Å²) >= 11 is 12.2. The summed E-state index contributed by atoms with van der Waals surface area (Å²) in [6.07, 6.45) is -1.59. The van der Waals surface area contributed by atoms with Gasteiger partial charge in [-0.15, -0.1) is 11.3 Å². The maximum Gasteiger partial charge on any atom is 0.336 e. The van der Waals surface area contributed by atoms with Gasteiger partial charge < -0.3 is 9.84 Å². The van der Waals surface area contributed by atoms with Crippen molar-refractivity contribution in [2.75, 3.05) is 13.7 Å². The standard InChI is InChI=1S/C8H9Cl2NO5S2/c1-16-8(13)4(12)3-11-18(14,15)5-2-6(9)17-7(5)10/h2,4,11-12H,3H2,1H3. The predicted molar refractivity (Wildman–Crippen MR) is 67.6 cm³/mol. The summed E-state index contributed by atoms with van der Waals surface area (Å²) in [5, 5.41) is 9.24. The Morgan fingerprint density at radius 2 is 2.22 bits per heavy atom. The lowest BCUT2D eigenvalue weighted by Crippen LogP contribution is -2.37. The highest BCUT2D eigenvalue weighted by Gasteiger charge is 2.24. The summed E-state index contributed by atoms with van der Waals surface area (Å²) in [6, 6.07) is 1.18. The van der Waals surface area contributed by atoms with Gasteiger partial charge in [-0.05, 0) is 6.07 Å². The molecule has 0 saturated carbocycles. The molecule has 18 heavy (non-hydrogen) atoms. The number of halogens is 2. The van der Waals surface area contributed by atoms with Crippen LogP contribution in [0.3, 0.4) is 0 Å². The number of rotatable bonds is 5. The Morgan fingerprint density at radius 1 is 1.61 bits per heavy atom. The molecule has 6 nitrogen and oxygen atoms in total. The Labute approximate surface area is 118 Å². The van der Waals surface area contributed by atoms with E-state index in [2.05, 4.69) is 4.74 Å². The van der Waals surface area contributed by atoms with Crippen LogP contribution < -0.4 is 4.72 Å². The number of aliphatic hydroxyl groups excluding tert-OH is 1. The lowest BCUT2D eigenvalue weighted by molar-refractivity contribution is -0.149. The van der Waals surface area contributed by atoms with Gasteiger partial charge in [-0.3, -0.25) is 0 Å². The monoisotopic (exact) mass is 333 g/mol. The van der Waals surface area contributed by atoms with E-state index in [0.717, 1.165) is 18.4 Å². The van der Waals surface area contributed by atoms with E-state index in [1.54, 1.807) is 0 Å². The van der Waals surface area contributed by atoms with Crippen molar-refractivity contribution in [1.82, 2.24) is 4.72 Å². The number of sulfonamides is 1. The molecule has 1 aromatic heterocycles. The lowest BCUT2D eigenvalue weighted by atomic mass is 10.4. The zero-order valence-electron chi connectivity index (χ0n) is 9.01. The number of ether oxygens (including phenoxy) is 1. The van der Waals surface area contributed by atoms with Crippen molar-refractivity contribution < 1.29 is 23.1 Å². The second kappa shape index (κ2) is 6.18. The second-order valence-electron chi connectivity index (χ2n) is 3.08. The van der Waals surface area contributed by atoms with Crippen LogP contribution in [0, 0.1) is 0 Å². The number of aliphatic hydroxyl groups is 1. The van der Waals surface area contributed by atoms with Gasteiger partial charge in [0.15, 0.2) is 6.10 Å². The van der Waals surface area contributed by atoms with Gasteiger partial charge in [-0.25, -0.2) is 17.9 Å². The van der Waals surface area contributed by atoms with E-state index in [1.165, 1.54) is 6.07 Å². The van der Waals surface area contributed by atoms with Crippen LogP contribution in [0.5, 0.6) is 0 Å². The molecular formula is C8H9Cl2NO5S2. The average molecular weight is 334 g/mol. The molecule has 1 atom stereocenters. The van der Waals surface area contributed by atoms with Crippen molar-refractivity contribution in [1.29, 1.82) is 0 Å². The molecule has 0 radical (unpaired) electrons. The number of hydrogen-bond donors (Lipinski definition) is 2. The Kier molecular flexibility index (Phi) is 5.38. The van der Waals surface area contributed by atoms with Gasteiger partial charge in [0.2, 0.25) is 10.0 Å². The predicted octanol–water partition coefficient (Wildman–Crippen LogP) is 0.867. The summed E-state index contributed by atoms with van der Waals surface area (Å²) in [5.74, 6) is -0.938. The van der Waals surface area contributed by atoms with Crippen LogP contribution in [0.25, 0.3) is 0 Å². The lowest BCUT2D eigenvalue weighted by Gasteiger charge is -2.09. The van der Waals surface area contributed by atoms with E-state index in [-0.39, 0.29) is 13.6 Å². The molecule has 0 fully saturated rings. The van der Waals surface area contributed by atoms with Crippen LogP contribution in [-0.2, 0) is 19.6 Å². The van der Waals surface area contributed by atoms with E-state index in [4.69, 9.17) is 23.2 Å². The van der Waals surface area contributed by atoms with Gasteiger partial charge in [0, 0.05) is 6.54 Å². The van der Waals surface area contributed by atoms with Gasteiger partial charge in [0.1, 0.15) is 9.23 Å². The molecule has 0 spiro atoms. The fourth-order valence-corrected chi connectivity index (χ4v) is 4.18. The highest BCUT2D eigenvalue weighted by atomic mass is 35.5. The average Bonchev–Trinajstić information content (AvgIpc) is 2.65. The first-order valence-corrected chi connectivity index (χ1v) is 7.54. The van der Waals surface area contributed by atoms with Gasteiger partial charge in [-0.1, -0.05) is 23.2 Å². The molecule has 0 amide bonds. The Hall–Kier alpha value is -0.380. The van der Waals surface area contributed by atoms with Gasteiger partial charge in [0.05, 0.1) is 11.4 Å². The maximum atomic E-state index is 11.8. The molecule has 0 aliphatic heterocycles. The topological polar surface area (TPSA) is 92.7 Å². The quantitative estimate of drug-likeness (QED) is 0.780. The summed E-state index contributed by atoms with van der Waals surface area (Å²) in [5.41, 5.74) is 0. The van der Waals surface area contributed by atoms with Crippen molar-refractivity contribution in [3.05, 3.63) is 14.7 Å². The van der Waals surface area contributed by atoms with Crippen LogP contribution in [0.4, 0.5) is 0 Å². The molecule has 0 aromatic carbocycles. The van der Waals surface area contributed by atoms with Crippen molar-refractivity contribution in [2.24, 2.45) is 0 Å².